The fourth-order valence-electron chi connectivity index (χ4n) is 3.92. The van der Waals surface area contributed by atoms with Crippen LogP contribution in [-0.2, 0) is 35.1 Å². The SMILES string of the molecule is COC(=O)c1c(NC(=O)Cn2nc(C)c3c(C(F)(F)F)cc(C)nc32)sc2c1CCC2. The lowest BCUT2D eigenvalue weighted by molar-refractivity contribution is -0.136. The Morgan fingerprint density at radius 3 is 2.71 bits per heavy atom. The van der Waals surface area contributed by atoms with Crippen LogP contribution >= 0.6 is 11.3 Å². The summed E-state index contributed by atoms with van der Waals surface area (Å²) in [5.74, 6) is -1.05. The molecule has 31 heavy (non-hydrogen) atoms. The van der Waals surface area contributed by atoms with E-state index in [1.54, 1.807) is 0 Å². The quantitative estimate of drug-likeness (QED) is 0.604. The first-order chi connectivity index (χ1) is 14.6. The van der Waals surface area contributed by atoms with E-state index in [0.29, 0.717) is 10.6 Å². The molecule has 0 atom stereocenters. The topological polar surface area (TPSA) is 86.1 Å². The van der Waals surface area contributed by atoms with Crippen molar-refractivity contribution in [3.63, 3.8) is 0 Å². The lowest BCUT2D eigenvalue weighted by Crippen LogP contribution is -2.21. The molecule has 7 nitrogen and oxygen atoms in total. The molecule has 3 aromatic rings. The number of thiophene rings is 1. The number of carbonyl (C=O) groups is 2. The standard InChI is InChI=1S/C20H19F3N4O3S/c1-9-7-12(20(21,22)23)15-10(2)26-27(17(15)24-9)8-14(28)25-18-16(19(29)30-3)11-5-4-6-13(11)31-18/h7H,4-6,8H2,1-3H3,(H,25,28). The normalized spacial score (nSPS) is 13.5. The number of ether oxygens (including phenoxy) is 1. The average Bonchev–Trinajstić information content (AvgIpc) is 3.33. The zero-order valence-corrected chi connectivity index (χ0v) is 17.8. The van der Waals surface area contributed by atoms with Gasteiger partial charge in [-0.05, 0) is 44.7 Å². The van der Waals surface area contributed by atoms with Gasteiger partial charge in [0, 0.05) is 10.6 Å². The van der Waals surface area contributed by atoms with Gasteiger partial charge in [-0.3, -0.25) is 4.79 Å². The highest BCUT2D eigenvalue weighted by molar-refractivity contribution is 7.17. The number of carbonyl (C=O) groups excluding carboxylic acids is 2. The minimum absolute atomic E-state index is 0.0122. The van der Waals surface area contributed by atoms with E-state index in [2.05, 4.69) is 15.4 Å². The molecule has 0 saturated carbocycles. The molecular weight excluding hydrogens is 433 g/mol. The first-order valence-corrected chi connectivity index (χ1v) is 10.4. The smallest absolute Gasteiger partial charge is 0.417 e. The van der Waals surface area contributed by atoms with Gasteiger partial charge in [0.05, 0.1) is 29.3 Å². The minimum Gasteiger partial charge on any atom is -0.465 e. The number of aromatic nitrogens is 3. The Morgan fingerprint density at radius 1 is 1.29 bits per heavy atom. The zero-order chi connectivity index (χ0) is 22.5. The van der Waals surface area contributed by atoms with Crippen LogP contribution in [-0.4, -0.2) is 33.8 Å². The molecule has 11 heteroatoms. The fourth-order valence-corrected chi connectivity index (χ4v) is 5.22. The Kier molecular flexibility index (Phi) is 5.24. The van der Waals surface area contributed by atoms with Gasteiger partial charge >= 0.3 is 12.1 Å². The Balaban J connectivity index is 1.67. The first-order valence-electron chi connectivity index (χ1n) is 9.54. The number of pyridine rings is 1. The summed E-state index contributed by atoms with van der Waals surface area (Å²) in [6, 6.07) is 0.969. The van der Waals surface area contributed by atoms with E-state index < -0.39 is 23.6 Å². The van der Waals surface area contributed by atoms with E-state index in [4.69, 9.17) is 4.74 Å². The van der Waals surface area contributed by atoms with Crippen LogP contribution in [0.15, 0.2) is 6.07 Å². The maximum atomic E-state index is 13.5. The lowest BCUT2D eigenvalue weighted by Gasteiger charge is -2.10. The number of anilines is 1. The van der Waals surface area contributed by atoms with Crippen molar-refractivity contribution in [2.75, 3.05) is 12.4 Å². The van der Waals surface area contributed by atoms with Crippen molar-refractivity contribution in [2.45, 2.75) is 45.8 Å². The number of hydrogen-bond acceptors (Lipinski definition) is 6. The molecule has 164 valence electrons. The molecule has 0 fully saturated rings. The van der Waals surface area contributed by atoms with Gasteiger partial charge < -0.3 is 10.1 Å². The Labute approximate surface area is 179 Å². The second-order valence-corrected chi connectivity index (χ2v) is 8.46. The van der Waals surface area contributed by atoms with Crippen LogP contribution in [0.5, 0.6) is 0 Å². The molecule has 1 aliphatic rings. The second kappa shape index (κ2) is 7.63. The Bertz CT molecular complexity index is 1210. The van der Waals surface area contributed by atoms with Crippen LogP contribution in [0.2, 0.25) is 0 Å². The summed E-state index contributed by atoms with van der Waals surface area (Å²) in [6.07, 6.45) is -2.07. The molecule has 0 spiro atoms. The van der Waals surface area contributed by atoms with E-state index in [0.717, 1.165) is 40.5 Å². The van der Waals surface area contributed by atoms with Crippen LogP contribution < -0.4 is 5.32 Å². The highest BCUT2D eigenvalue weighted by Gasteiger charge is 2.35. The first kappa shape index (κ1) is 21.3. The van der Waals surface area contributed by atoms with Gasteiger partial charge in [0.25, 0.3) is 0 Å². The van der Waals surface area contributed by atoms with E-state index >= 15 is 0 Å². The maximum absolute atomic E-state index is 13.5. The van der Waals surface area contributed by atoms with Crippen molar-refractivity contribution in [2.24, 2.45) is 0 Å². The summed E-state index contributed by atoms with van der Waals surface area (Å²) in [6.45, 7) is 2.56. The van der Waals surface area contributed by atoms with Crippen molar-refractivity contribution < 1.29 is 27.5 Å². The molecule has 1 amide bonds. The molecule has 0 aromatic carbocycles. The van der Waals surface area contributed by atoms with Crippen molar-refractivity contribution in [1.29, 1.82) is 0 Å². The van der Waals surface area contributed by atoms with Gasteiger partial charge in [0.15, 0.2) is 5.65 Å². The number of esters is 1. The van der Waals surface area contributed by atoms with Gasteiger partial charge in [0.1, 0.15) is 11.5 Å². The number of methoxy groups -OCH3 is 1. The van der Waals surface area contributed by atoms with Crippen molar-refractivity contribution >= 4 is 39.2 Å². The summed E-state index contributed by atoms with van der Waals surface area (Å²) in [5.41, 5.74) is 0.698. The molecule has 1 aliphatic carbocycles. The van der Waals surface area contributed by atoms with Crippen LogP contribution in [0.25, 0.3) is 11.0 Å². The summed E-state index contributed by atoms with van der Waals surface area (Å²) >= 11 is 1.32. The molecule has 0 saturated heterocycles. The largest absolute Gasteiger partial charge is 0.465 e. The second-order valence-electron chi connectivity index (χ2n) is 7.35. The lowest BCUT2D eigenvalue weighted by atomic mass is 10.1. The molecule has 0 radical (unpaired) electrons. The summed E-state index contributed by atoms with van der Waals surface area (Å²) in [7, 11) is 1.28. The summed E-state index contributed by atoms with van der Waals surface area (Å²) < 4.78 is 46.5. The number of nitrogens with zero attached hydrogens (tertiary/aromatic N) is 3. The summed E-state index contributed by atoms with van der Waals surface area (Å²) in [4.78, 5) is 30.2. The van der Waals surface area contributed by atoms with Crippen LogP contribution in [0.3, 0.4) is 0 Å². The monoisotopic (exact) mass is 452 g/mol. The van der Waals surface area contributed by atoms with Crippen molar-refractivity contribution in [3.8, 4) is 0 Å². The molecule has 0 aliphatic heterocycles. The maximum Gasteiger partial charge on any atom is 0.417 e. The number of halogens is 3. The molecule has 3 heterocycles. The minimum atomic E-state index is -4.57. The third kappa shape index (κ3) is 3.78. The third-order valence-electron chi connectivity index (χ3n) is 5.17. The Hall–Kier alpha value is -2.95. The van der Waals surface area contributed by atoms with Gasteiger partial charge in [-0.2, -0.15) is 18.3 Å². The number of nitrogens with one attached hydrogen (secondary N) is 1. The predicted molar refractivity (Wildman–Crippen MR) is 108 cm³/mol. The van der Waals surface area contributed by atoms with Crippen molar-refractivity contribution in [1.82, 2.24) is 14.8 Å². The number of amides is 1. The van der Waals surface area contributed by atoms with E-state index in [1.165, 1.54) is 32.3 Å². The number of rotatable bonds is 4. The van der Waals surface area contributed by atoms with Crippen LogP contribution in [0, 0.1) is 13.8 Å². The molecular formula is C20H19F3N4O3S. The van der Waals surface area contributed by atoms with Gasteiger partial charge in [-0.25, -0.2) is 14.5 Å². The fraction of sp³-hybridized carbons (Fsp3) is 0.400. The molecule has 0 bridgehead atoms. The Morgan fingerprint density at radius 2 is 2.03 bits per heavy atom. The number of hydrogen-bond donors (Lipinski definition) is 1. The van der Waals surface area contributed by atoms with Crippen LogP contribution in [0.4, 0.5) is 18.2 Å². The molecule has 1 N–H and O–H groups in total. The predicted octanol–water partition coefficient (Wildman–Crippen LogP) is 4.04. The average molecular weight is 452 g/mol. The number of alkyl halides is 3. The molecule has 3 aromatic heterocycles. The van der Waals surface area contributed by atoms with Gasteiger partial charge in [-0.15, -0.1) is 11.3 Å². The van der Waals surface area contributed by atoms with E-state index in [-0.39, 0.29) is 29.0 Å². The third-order valence-corrected chi connectivity index (χ3v) is 6.38. The van der Waals surface area contributed by atoms with E-state index in [9.17, 15) is 22.8 Å². The zero-order valence-electron chi connectivity index (χ0n) is 17.0. The highest BCUT2D eigenvalue weighted by atomic mass is 32.1. The number of fused-ring (bicyclic) bond motifs is 2. The van der Waals surface area contributed by atoms with Crippen LogP contribution in [0.1, 0.15) is 44.2 Å². The van der Waals surface area contributed by atoms with Gasteiger partial charge in [0.2, 0.25) is 5.91 Å². The van der Waals surface area contributed by atoms with Gasteiger partial charge in [-0.1, -0.05) is 0 Å². The van der Waals surface area contributed by atoms with E-state index in [1.807, 2.05) is 0 Å². The van der Waals surface area contributed by atoms with Crippen molar-refractivity contribution in [3.05, 3.63) is 39.0 Å². The molecule has 0 unspecified atom stereocenters. The molecule has 4 rings (SSSR count). The highest BCUT2D eigenvalue weighted by Crippen LogP contribution is 2.40. The number of aryl methyl sites for hydroxylation is 3. The summed E-state index contributed by atoms with van der Waals surface area (Å²) in [5, 5.41) is 7.08.